The molecule has 0 spiro atoms. The Kier molecular flexibility index (Phi) is 8.01. The Bertz CT molecular complexity index is 1060. The molecule has 0 unspecified atom stereocenters. The maximum Gasteiger partial charge on any atom is 0.344 e. The van der Waals surface area contributed by atoms with Gasteiger partial charge in [0, 0.05) is 5.69 Å². The van der Waals surface area contributed by atoms with E-state index in [2.05, 4.69) is 16.1 Å². The lowest BCUT2D eigenvalue weighted by atomic mass is 9.87. The molecular weight excluding hydrogens is 434 g/mol. The van der Waals surface area contributed by atoms with Gasteiger partial charge in [-0.15, -0.1) is 0 Å². The summed E-state index contributed by atoms with van der Waals surface area (Å²) in [5, 5.41) is 6.31. The number of rotatable bonds is 10. The maximum absolute atomic E-state index is 13.2. The molecule has 0 aromatic heterocycles. The van der Waals surface area contributed by atoms with Gasteiger partial charge in [0.25, 0.3) is 11.8 Å². The quantitative estimate of drug-likeness (QED) is 0.467. The van der Waals surface area contributed by atoms with Gasteiger partial charge in [0.05, 0.1) is 13.1 Å². The fourth-order valence-corrected chi connectivity index (χ4v) is 4.04. The van der Waals surface area contributed by atoms with Crippen LogP contribution in [0.3, 0.4) is 0 Å². The van der Waals surface area contributed by atoms with Crippen LogP contribution in [0.5, 0.6) is 0 Å². The van der Waals surface area contributed by atoms with Gasteiger partial charge in [-0.25, -0.2) is 4.79 Å². The monoisotopic (exact) mass is 465 g/mol. The largest absolute Gasteiger partial charge is 0.344 e. The van der Waals surface area contributed by atoms with Crippen molar-refractivity contribution in [2.45, 2.75) is 39.2 Å². The molecule has 9 nitrogen and oxygen atoms in total. The first-order chi connectivity index (χ1) is 16.3. The fraction of sp³-hybridized carbons (Fsp3) is 0.360. The number of para-hydroxylation sites is 1. The third kappa shape index (κ3) is 5.43. The third-order valence-corrected chi connectivity index (χ3v) is 5.82. The van der Waals surface area contributed by atoms with Crippen molar-refractivity contribution in [1.82, 2.24) is 20.7 Å². The number of nitrogens with zero attached hydrogens (tertiary/aromatic N) is 2. The van der Waals surface area contributed by atoms with Crippen LogP contribution in [0.25, 0.3) is 0 Å². The standard InChI is InChI=1S/C25H31N5O4/c1-4-15-29(16-21(31)26-20-14-10-9-11-18(20)3)17-22(32)28-30-23(33)25(5-2,27-24(30)34)19-12-7-6-8-13-19/h6-14H,4-5,15-17H2,1-3H3,(H,26,31)(H,27,34)(H,28,32)/t25-/m1/s1. The first-order valence-corrected chi connectivity index (χ1v) is 11.4. The highest BCUT2D eigenvalue weighted by atomic mass is 16.2. The van der Waals surface area contributed by atoms with Crippen LogP contribution in [0.15, 0.2) is 54.6 Å². The highest BCUT2D eigenvalue weighted by Crippen LogP contribution is 2.31. The van der Waals surface area contributed by atoms with Crippen LogP contribution in [0, 0.1) is 6.92 Å². The van der Waals surface area contributed by atoms with E-state index in [-0.39, 0.29) is 19.0 Å². The minimum absolute atomic E-state index is 0.00134. The normalized spacial score (nSPS) is 17.6. The summed E-state index contributed by atoms with van der Waals surface area (Å²) in [6, 6.07) is 15.7. The van der Waals surface area contributed by atoms with Gasteiger partial charge in [0.1, 0.15) is 5.54 Å². The molecule has 180 valence electrons. The minimum Gasteiger partial charge on any atom is -0.325 e. The van der Waals surface area contributed by atoms with Crippen molar-refractivity contribution in [3.8, 4) is 0 Å². The van der Waals surface area contributed by atoms with Crippen LogP contribution < -0.4 is 16.1 Å². The number of nitrogens with one attached hydrogen (secondary N) is 3. The van der Waals surface area contributed by atoms with Gasteiger partial charge in [-0.2, -0.15) is 5.01 Å². The zero-order valence-electron chi connectivity index (χ0n) is 19.8. The van der Waals surface area contributed by atoms with Gasteiger partial charge in [-0.3, -0.25) is 24.7 Å². The minimum atomic E-state index is -1.23. The molecule has 2 aromatic carbocycles. The molecule has 3 N–H and O–H groups in total. The van der Waals surface area contributed by atoms with Gasteiger partial charge in [0.15, 0.2) is 0 Å². The summed E-state index contributed by atoms with van der Waals surface area (Å²) in [5.74, 6) is -1.35. The number of carbonyl (C=O) groups excluding carboxylic acids is 4. The summed E-state index contributed by atoms with van der Waals surface area (Å²) in [7, 11) is 0. The van der Waals surface area contributed by atoms with Crippen LogP contribution in [0.2, 0.25) is 0 Å². The summed E-state index contributed by atoms with van der Waals surface area (Å²) in [6.45, 7) is 5.99. The Morgan fingerprint density at radius 3 is 2.26 bits per heavy atom. The van der Waals surface area contributed by atoms with E-state index in [4.69, 9.17) is 0 Å². The van der Waals surface area contributed by atoms with Crippen LogP contribution >= 0.6 is 0 Å². The van der Waals surface area contributed by atoms with E-state index in [9.17, 15) is 19.2 Å². The molecule has 1 aliphatic heterocycles. The number of anilines is 1. The number of aryl methyl sites for hydroxylation is 1. The Morgan fingerprint density at radius 2 is 1.62 bits per heavy atom. The van der Waals surface area contributed by atoms with E-state index >= 15 is 0 Å². The predicted molar refractivity (Wildman–Crippen MR) is 128 cm³/mol. The topological polar surface area (TPSA) is 111 Å². The van der Waals surface area contributed by atoms with Crippen LogP contribution in [0.4, 0.5) is 10.5 Å². The SMILES string of the molecule is CCCN(CC(=O)Nc1ccccc1C)CC(=O)NN1C(=O)N[C@](CC)(c2ccccc2)C1=O. The van der Waals surface area contributed by atoms with Gasteiger partial charge >= 0.3 is 6.03 Å². The summed E-state index contributed by atoms with van der Waals surface area (Å²) in [4.78, 5) is 52.7. The number of imide groups is 1. The molecule has 1 atom stereocenters. The molecular formula is C25H31N5O4. The lowest BCUT2D eigenvalue weighted by Gasteiger charge is -2.26. The number of amides is 5. The number of hydrogen-bond donors (Lipinski definition) is 3. The van der Waals surface area contributed by atoms with Crippen LogP contribution in [0.1, 0.15) is 37.8 Å². The lowest BCUT2D eigenvalue weighted by molar-refractivity contribution is -0.140. The molecule has 1 saturated heterocycles. The number of hydrazine groups is 1. The predicted octanol–water partition coefficient (Wildman–Crippen LogP) is 2.53. The molecule has 0 radical (unpaired) electrons. The molecule has 1 fully saturated rings. The number of benzene rings is 2. The molecule has 5 amide bonds. The smallest absolute Gasteiger partial charge is 0.325 e. The Balaban J connectivity index is 1.64. The van der Waals surface area contributed by atoms with Crippen molar-refractivity contribution < 1.29 is 19.2 Å². The lowest BCUT2D eigenvalue weighted by Crippen LogP contribution is -2.51. The number of hydrogen-bond acceptors (Lipinski definition) is 5. The number of carbonyl (C=O) groups is 4. The molecule has 1 heterocycles. The Morgan fingerprint density at radius 1 is 0.971 bits per heavy atom. The average Bonchev–Trinajstić information content (AvgIpc) is 3.06. The molecule has 0 bridgehead atoms. The molecule has 3 rings (SSSR count). The van der Waals surface area contributed by atoms with Gasteiger partial charge in [0.2, 0.25) is 5.91 Å². The van der Waals surface area contributed by atoms with Gasteiger partial charge in [-0.1, -0.05) is 62.4 Å². The highest BCUT2D eigenvalue weighted by Gasteiger charge is 2.52. The second-order valence-electron chi connectivity index (χ2n) is 8.30. The zero-order valence-corrected chi connectivity index (χ0v) is 19.8. The summed E-state index contributed by atoms with van der Waals surface area (Å²) < 4.78 is 0. The first-order valence-electron chi connectivity index (χ1n) is 11.4. The molecule has 9 heteroatoms. The average molecular weight is 466 g/mol. The molecule has 2 aromatic rings. The van der Waals surface area contributed by atoms with Crippen molar-refractivity contribution in [2.24, 2.45) is 0 Å². The molecule has 1 aliphatic rings. The Labute approximate surface area is 199 Å². The van der Waals surface area contributed by atoms with Crippen LogP contribution in [-0.4, -0.2) is 53.3 Å². The maximum atomic E-state index is 13.2. The van der Waals surface area contributed by atoms with Crippen LogP contribution in [-0.2, 0) is 19.9 Å². The fourth-order valence-electron chi connectivity index (χ4n) is 4.04. The van der Waals surface area contributed by atoms with Gasteiger partial charge in [-0.05, 0) is 43.5 Å². The highest BCUT2D eigenvalue weighted by molar-refractivity contribution is 6.08. The second kappa shape index (κ2) is 10.9. The molecule has 0 saturated carbocycles. The van der Waals surface area contributed by atoms with Crippen molar-refractivity contribution in [3.63, 3.8) is 0 Å². The molecule has 34 heavy (non-hydrogen) atoms. The summed E-state index contributed by atoms with van der Waals surface area (Å²) in [6.07, 6.45) is 1.05. The van der Waals surface area contributed by atoms with Crippen molar-refractivity contribution in [2.75, 3.05) is 25.0 Å². The van der Waals surface area contributed by atoms with E-state index in [1.54, 1.807) is 36.1 Å². The van der Waals surface area contributed by atoms with Crippen molar-refractivity contribution in [1.29, 1.82) is 0 Å². The zero-order chi connectivity index (χ0) is 24.7. The van der Waals surface area contributed by atoms with Crippen molar-refractivity contribution in [3.05, 3.63) is 65.7 Å². The molecule has 0 aliphatic carbocycles. The Hall–Kier alpha value is -3.72. The summed E-state index contributed by atoms with van der Waals surface area (Å²) in [5.41, 5.74) is 3.48. The van der Waals surface area contributed by atoms with E-state index in [1.807, 2.05) is 44.2 Å². The second-order valence-corrected chi connectivity index (χ2v) is 8.30. The first kappa shape index (κ1) is 24.9. The third-order valence-electron chi connectivity index (χ3n) is 5.82. The number of urea groups is 1. The van der Waals surface area contributed by atoms with E-state index in [0.717, 1.165) is 17.0 Å². The summed E-state index contributed by atoms with van der Waals surface area (Å²) >= 11 is 0. The van der Waals surface area contributed by atoms with E-state index in [1.165, 1.54) is 0 Å². The van der Waals surface area contributed by atoms with Gasteiger partial charge < -0.3 is 10.6 Å². The van der Waals surface area contributed by atoms with Crippen molar-refractivity contribution >= 4 is 29.4 Å². The van der Waals surface area contributed by atoms with E-state index in [0.29, 0.717) is 24.2 Å². The van der Waals surface area contributed by atoms with E-state index < -0.39 is 23.4 Å².